The number of aliphatic hydroxyl groups is 1. The molecule has 0 bridgehead atoms. The maximum Gasteiger partial charge on any atom is 0.122 e. The molecule has 1 aliphatic heterocycles. The molecular weight excluding hydrogens is 350 g/mol. The Labute approximate surface area is 164 Å². The van der Waals surface area contributed by atoms with E-state index >= 15 is 0 Å². The number of pyridine rings is 1. The van der Waals surface area contributed by atoms with Crippen molar-refractivity contribution < 1.29 is 9.84 Å². The number of nitriles is 1. The standard InChI is InChI=1S/C23H23N3O2/c1-16-11-23(26-10-4-7-19(26)14-27)21-9-8-20(12-22(21)25-16)28-15-18-6-3-2-5-17(18)13-24/h2-3,5-6,8-9,11-12,19,27H,4,7,10,14-15H2,1H3/t19-/m0/s1. The van der Waals surface area contributed by atoms with Crippen LogP contribution in [-0.4, -0.2) is 29.3 Å². The molecule has 28 heavy (non-hydrogen) atoms. The van der Waals surface area contributed by atoms with Gasteiger partial charge in [-0.1, -0.05) is 18.2 Å². The van der Waals surface area contributed by atoms with Gasteiger partial charge in [-0.3, -0.25) is 4.98 Å². The number of hydrogen-bond acceptors (Lipinski definition) is 5. The van der Waals surface area contributed by atoms with Crippen LogP contribution in [0.25, 0.3) is 10.9 Å². The highest BCUT2D eigenvalue weighted by atomic mass is 16.5. The molecule has 0 saturated carbocycles. The fourth-order valence-electron chi connectivity index (χ4n) is 3.90. The molecule has 1 saturated heterocycles. The first-order valence-corrected chi connectivity index (χ1v) is 9.59. The van der Waals surface area contributed by atoms with Gasteiger partial charge in [-0.2, -0.15) is 5.26 Å². The number of anilines is 1. The number of hydrogen-bond donors (Lipinski definition) is 1. The van der Waals surface area contributed by atoms with Gasteiger partial charge in [-0.15, -0.1) is 0 Å². The van der Waals surface area contributed by atoms with Gasteiger partial charge in [0.1, 0.15) is 12.4 Å². The predicted molar refractivity (Wildman–Crippen MR) is 109 cm³/mol. The summed E-state index contributed by atoms with van der Waals surface area (Å²) < 4.78 is 5.95. The van der Waals surface area contributed by atoms with E-state index in [1.807, 2.05) is 43.3 Å². The van der Waals surface area contributed by atoms with Crippen LogP contribution < -0.4 is 9.64 Å². The molecule has 4 rings (SSSR count). The number of fused-ring (bicyclic) bond motifs is 1. The van der Waals surface area contributed by atoms with Crippen molar-refractivity contribution >= 4 is 16.6 Å². The van der Waals surface area contributed by atoms with Gasteiger partial charge < -0.3 is 14.7 Å². The first-order valence-electron chi connectivity index (χ1n) is 9.59. The number of aliphatic hydroxyl groups excluding tert-OH is 1. The Morgan fingerprint density at radius 2 is 2.11 bits per heavy atom. The SMILES string of the molecule is Cc1cc(N2CCC[C@H]2CO)c2ccc(OCc3ccccc3C#N)cc2n1. The fraction of sp³-hybridized carbons (Fsp3) is 0.304. The van der Waals surface area contributed by atoms with Crippen molar-refractivity contribution in [1.29, 1.82) is 5.26 Å². The highest BCUT2D eigenvalue weighted by Crippen LogP contribution is 2.34. The minimum atomic E-state index is 0.169. The van der Waals surface area contributed by atoms with Gasteiger partial charge in [-0.25, -0.2) is 0 Å². The monoisotopic (exact) mass is 373 g/mol. The average Bonchev–Trinajstić information content (AvgIpc) is 3.20. The molecule has 0 unspecified atom stereocenters. The lowest BCUT2D eigenvalue weighted by Gasteiger charge is -2.27. The summed E-state index contributed by atoms with van der Waals surface area (Å²) in [6.45, 7) is 3.45. The zero-order valence-electron chi connectivity index (χ0n) is 15.9. The van der Waals surface area contributed by atoms with Crippen molar-refractivity contribution in [3.8, 4) is 11.8 Å². The lowest BCUT2D eigenvalue weighted by atomic mass is 10.1. The van der Waals surface area contributed by atoms with E-state index in [9.17, 15) is 10.4 Å². The van der Waals surface area contributed by atoms with Crippen molar-refractivity contribution in [3.05, 3.63) is 65.4 Å². The van der Waals surface area contributed by atoms with Crippen LogP contribution >= 0.6 is 0 Å². The van der Waals surface area contributed by atoms with Gasteiger partial charge in [0.2, 0.25) is 0 Å². The number of nitrogens with zero attached hydrogens (tertiary/aromatic N) is 3. The molecule has 1 N–H and O–H groups in total. The molecule has 2 aromatic carbocycles. The summed E-state index contributed by atoms with van der Waals surface area (Å²) in [6, 6.07) is 17.9. The smallest absolute Gasteiger partial charge is 0.122 e. The molecule has 0 amide bonds. The van der Waals surface area contributed by atoms with Crippen LogP contribution in [0.4, 0.5) is 5.69 Å². The number of benzene rings is 2. The highest BCUT2D eigenvalue weighted by molar-refractivity contribution is 5.93. The van der Waals surface area contributed by atoms with Crippen molar-refractivity contribution in [1.82, 2.24) is 4.98 Å². The van der Waals surface area contributed by atoms with Gasteiger partial charge >= 0.3 is 0 Å². The molecule has 2 heterocycles. The Morgan fingerprint density at radius 1 is 1.25 bits per heavy atom. The molecule has 5 heteroatoms. The van der Waals surface area contributed by atoms with Crippen LogP contribution in [0.5, 0.6) is 5.75 Å². The Kier molecular flexibility index (Phi) is 5.14. The van der Waals surface area contributed by atoms with E-state index in [0.717, 1.165) is 53.0 Å². The number of aromatic nitrogens is 1. The molecule has 1 aliphatic rings. The third-order valence-corrected chi connectivity index (χ3v) is 5.32. The molecule has 1 aromatic heterocycles. The van der Waals surface area contributed by atoms with Crippen molar-refractivity contribution in [2.45, 2.75) is 32.4 Å². The minimum absolute atomic E-state index is 0.169. The lowest BCUT2D eigenvalue weighted by molar-refractivity contribution is 0.266. The van der Waals surface area contributed by atoms with E-state index in [0.29, 0.717) is 12.2 Å². The van der Waals surface area contributed by atoms with Crippen LogP contribution in [0, 0.1) is 18.3 Å². The van der Waals surface area contributed by atoms with Crippen molar-refractivity contribution in [2.24, 2.45) is 0 Å². The molecule has 0 aliphatic carbocycles. The van der Waals surface area contributed by atoms with E-state index < -0.39 is 0 Å². The van der Waals surface area contributed by atoms with Crippen LogP contribution in [0.1, 0.15) is 29.7 Å². The van der Waals surface area contributed by atoms with E-state index in [1.165, 1.54) is 0 Å². The predicted octanol–water partition coefficient (Wildman–Crippen LogP) is 3.96. The second-order valence-electron chi connectivity index (χ2n) is 7.19. The molecule has 142 valence electrons. The molecular formula is C23H23N3O2. The average molecular weight is 373 g/mol. The number of ether oxygens (including phenoxy) is 1. The zero-order chi connectivity index (χ0) is 19.5. The Bertz CT molecular complexity index is 1040. The Balaban J connectivity index is 1.63. The summed E-state index contributed by atoms with van der Waals surface area (Å²) in [5.41, 5.74) is 4.44. The van der Waals surface area contributed by atoms with Gasteiger partial charge in [0.25, 0.3) is 0 Å². The fourth-order valence-corrected chi connectivity index (χ4v) is 3.90. The molecule has 5 nitrogen and oxygen atoms in total. The van der Waals surface area contributed by atoms with Gasteiger partial charge in [0, 0.05) is 34.9 Å². The summed E-state index contributed by atoms with van der Waals surface area (Å²) in [6.07, 6.45) is 2.10. The van der Waals surface area contributed by atoms with Gasteiger partial charge in [0.15, 0.2) is 0 Å². The summed E-state index contributed by atoms with van der Waals surface area (Å²) in [7, 11) is 0. The molecule has 0 spiro atoms. The first-order chi connectivity index (χ1) is 13.7. The third kappa shape index (κ3) is 3.51. The van der Waals surface area contributed by atoms with Crippen LogP contribution in [0.3, 0.4) is 0 Å². The van der Waals surface area contributed by atoms with E-state index in [-0.39, 0.29) is 12.6 Å². The van der Waals surface area contributed by atoms with Crippen molar-refractivity contribution in [3.63, 3.8) is 0 Å². The maximum atomic E-state index is 9.70. The summed E-state index contributed by atoms with van der Waals surface area (Å²) in [5, 5.41) is 20.0. The van der Waals surface area contributed by atoms with Crippen LogP contribution in [-0.2, 0) is 6.61 Å². The minimum Gasteiger partial charge on any atom is -0.489 e. The zero-order valence-corrected chi connectivity index (χ0v) is 15.9. The normalized spacial score (nSPS) is 16.3. The topological polar surface area (TPSA) is 69.4 Å². The summed E-state index contributed by atoms with van der Waals surface area (Å²) in [4.78, 5) is 6.98. The molecule has 1 fully saturated rings. The third-order valence-electron chi connectivity index (χ3n) is 5.32. The summed E-state index contributed by atoms with van der Waals surface area (Å²) in [5.74, 6) is 0.726. The molecule has 1 atom stereocenters. The Morgan fingerprint density at radius 3 is 2.93 bits per heavy atom. The largest absolute Gasteiger partial charge is 0.489 e. The van der Waals surface area contributed by atoms with E-state index in [1.54, 1.807) is 6.07 Å². The first kappa shape index (κ1) is 18.3. The Hall–Kier alpha value is -3.10. The second-order valence-corrected chi connectivity index (χ2v) is 7.19. The van der Waals surface area contributed by atoms with Gasteiger partial charge in [0.05, 0.1) is 29.8 Å². The van der Waals surface area contributed by atoms with E-state index in [4.69, 9.17) is 4.74 Å². The number of rotatable bonds is 5. The van der Waals surface area contributed by atoms with E-state index in [2.05, 4.69) is 22.0 Å². The highest BCUT2D eigenvalue weighted by Gasteiger charge is 2.25. The lowest BCUT2D eigenvalue weighted by Crippen LogP contribution is -2.32. The number of aryl methyl sites for hydroxylation is 1. The van der Waals surface area contributed by atoms with Crippen LogP contribution in [0.2, 0.25) is 0 Å². The maximum absolute atomic E-state index is 9.70. The van der Waals surface area contributed by atoms with Crippen molar-refractivity contribution in [2.75, 3.05) is 18.1 Å². The quantitative estimate of drug-likeness (QED) is 0.733. The second kappa shape index (κ2) is 7.87. The summed E-state index contributed by atoms with van der Waals surface area (Å²) >= 11 is 0. The van der Waals surface area contributed by atoms with Crippen LogP contribution in [0.15, 0.2) is 48.5 Å². The van der Waals surface area contributed by atoms with Gasteiger partial charge in [-0.05, 0) is 44.0 Å². The molecule has 0 radical (unpaired) electrons. The molecule has 3 aromatic rings.